The number of hydrogen-bond donors (Lipinski definition) is 0. The molecule has 0 saturated heterocycles. The maximum Gasteiger partial charge on any atom is 0.0342 e. The predicted molar refractivity (Wildman–Crippen MR) is 97.4 cm³/mol. The number of rotatable bonds is 4. The Morgan fingerprint density at radius 3 is 1.91 bits per heavy atom. The molecule has 2 aromatic rings. The van der Waals surface area contributed by atoms with E-state index in [2.05, 4.69) is 91.0 Å². The molecule has 2 aliphatic rings. The molecular weight excluding hydrogens is 276 g/mol. The van der Waals surface area contributed by atoms with Gasteiger partial charge in [0.25, 0.3) is 0 Å². The fraction of sp³-hybridized carbons (Fsp3) is 0.130. The average molecular weight is 296 g/mol. The fourth-order valence-electron chi connectivity index (χ4n) is 3.60. The van der Waals surface area contributed by atoms with Crippen molar-refractivity contribution in [3.63, 3.8) is 0 Å². The maximum absolute atomic E-state index is 2.34. The highest BCUT2D eigenvalue weighted by molar-refractivity contribution is 5.58. The third-order valence-electron chi connectivity index (χ3n) is 4.66. The summed E-state index contributed by atoms with van der Waals surface area (Å²) in [6.45, 7) is 0. The van der Waals surface area contributed by atoms with Crippen LogP contribution < -0.4 is 0 Å². The van der Waals surface area contributed by atoms with Crippen LogP contribution in [0.3, 0.4) is 0 Å². The van der Waals surface area contributed by atoms with Gasteiger partial charge in [-0.3, -0.25) is 0 Å². The zero-order chi connectivity index (χ0) is 15.5. The van der Waals surface area contributed by atoms with E-state index in [0.717, 1.165) is 12.8 Å². The van der Waals surface area contributed by atoms with Crippen molar-refractivity contribution in [1.82, 2.24) is 0 Å². The van der Waals surface area contributed by atoms with Crippen molar-refractivity contribution < 1.29 is 0 Å². The molecule has 0 nitrogen and oxygen atoms in total. The first-order valence-corrected chi connectivity index (χ1v) is 8.30. The lowest BCUT2D eigenvalue weighted by atomic mass is 9.82. The standard InChI is InChI=1S/C23H20/c1-3-12-19(13-4-1)23(20-14-5-2-6-15-20)22-17-9-16-21(22)18-10-7-8-11-18/h1-7,9-15,17,23H,8,16H2. The molecule has 0 aliphatic heterocycles. The minimum absolute atomic E-state index is 0.307. The Balaban J connectivity index is 1.87. The van der Waals surface area contributed by atoms with E-state index in [9.17, 15) is 0 Å². The minimum atomic E-state index is 0.307. The van der Waals surface area contributed by atoms with Gasteiger partial charge in [-0.25, -0.2) is 0 Å². The molecule has 0 amide bonds. The second kappa shape index (κ2) is 6.26. The lowest BCUT2D eigenvalue weighted by Crippen LogP contribution is -2.05. The van der Waals surface area contributed by atoms with E-state index in [1.54, 1.807) is 0 Å². The minimum Gasteiger partial charge on any atom is -0.0801 e. The zero-order valence-corrected chi connectivity index (χ0v) is 13.2. The molecule has 4 rings (SSSR count). The highest BCUT2D eigenvalue weighted by Gasteiger charge is 2.24. The number of benzene rings is 2. The molecule has 0 spiro atoms. The summed E-state index contributed by atoms with van der Waals surface area (Å²) in [7, 11) is 0. The van der Waals surface area contributed by atoms with Crippen molar-refractivity contribution in [1.29, 1.82) is 0 Å². The Kier molecular flexibility index (Phi) is 3.81. The van der Waals surface area contributed by atoms with Crippen molar-refractivity contribution >= 4 is 0 Å². The molecule has 112 valence electrons. The van der Waals surface area contributed by atoms with Gasteiger partial charge in [0.2, 0.25) is 0 Å². The SMILES string of the molecule is C1=CC(C2=C(C(c3ccccc3)c3ccccc3)C=CC2)=CC1. The van der Waals surface area contributed by atoms with E-state index in [4.69, 9.17) is 0 Å². The molecule has 0 N–H and O–H groups in total. The number of hydrogen-bond acceptors (Lipinski definition) is 0. The van der Waals surface area contributed by atoms with Crippen molar-refractivity contribution in [3.8, 4) is 0 Å². The summed E-state index contributed by atoms with van der Waals surface area (Å²) < 4.78 is 0. The van der Waals surface area contributed by atoms with Crippen LogP contribution in [0, 0.1) is 0 Å². The van der Waals surface area contributed by atoms with E-state index in [1.807, 2.05) is 0 Å². The highest BCUT2D eigenvalue weighted by Crippen LogP contribution is 2.40. The second-order valence-electron chi connectivity index (χ2n) is 6.09. The molecule has 0 unspecified atom stereocenters. The third kappa shape index (κ3) is 2.73. The normalized spacial score (nSPS) is 16.5. The van der Waals surface area contributed by atoms with Crippen molar-refractivity contribution in [2.24, 2.45) is 0 Å². The summed E-state index contributed by atoms with van der Waals surface area (Å²) in [6, 6.07) is 21.7. The van der Waals surface area contributed by atoms with Crippen LogP contribution in [0.25, 0.3) is 0 Å². The van der Waals surface area contributed by atoms with Crippen molar-refractivity contribution in [2.75, 3.05) is 0 Å². The Labute approximate surface area is 138 Å². The Morgan fingerprint density at radius 1 is 0.696 bits per heavy atom. The summed E-state index contributed by atoms with van der Waals surface area (Å²) in [5.74, 6) is 0.307. The monoisotopic (exact) mass is 296 g/mol. The van der Waals surface area contributed by atoms with Crippen molar-refractivity contribution in [2.45, 2.75) is 18.8 Å². The highest BCUT2D eigenvalue weighted by atomic mass is 14.3. The summed E-state index contributed by atoms with van der Waals surface area (Å²) >= 11 is 0. The van der Waals surface area contributed by atoms with Gasteiger partial charge in [-0.2, -0.15) is 0 Å². The predicted octanol–water partition coefficient (Wildman–Crippen LogP) is 5.96. The Morgan fingerprint density at radius 2 is 1.35 bits per heavy atom. The topological polar surface area (TPSA) is 0 Å². The smallest absolute Gasteiger partial charge is 0.0342 e. The molecule has 0 fully saturated rings. The molecular formula is C23H20. The van der Waals surface area contributed by atoms with Crippen LogP contribution in [0.4, 0.5) is 0 Å². The van der Waals surface area contributed by atoms with Gasteiger partial charge in [0.1, 0.15) is 0 Å². The van der Waals surface area contributed by atoms with Crippen LogP contribution in [0.15, 0.2) is 108 Å². The van der Waals surface area contributed by atoms with Crippen LogP contribution in [-0.4, -0.2) is 0 Å². The van der Waals surface area contributed by atoms with Crippen LogP contribution in [0.1, 0.15) is 29.9 Å². The molecule has 2 aromatic carbocycles. The largest absolute Gasteiger partial charge is 0.0801 e. The number of allylic oxidation sites excluding steroid dienone is 8. The molecule has 0 radical (unpaired) electrons. The molecule has 0 heterocycles. The van der Waals surface area contributed by atoms with Gasteiger partial charge in [-0.15, -0.1) is 0 Å². The Bertz CT molecular complexity index is 762. The molecule has 23 heavy (non-hydrogen) atoms. The lowest BCUT2D eigenvalue weighted by Gasteiger charge is -2.21. The first-order valence-electron chi connectivity index (χ1n) is 8.30. The van der Waals surface area contributed by atoms with Gasteiger partial charge < -0.3 is 0 Å². The van der Waals surface area contributed by atoms with Gasteiger partial charge >= 0.3 is 0 Å². The van der Waals surface area contributed by atoms with Crippen LogP contribution in [-0.2, 0) is 0 Å². The van der Waals surface area contributed by atoms with Crippen LogP contribution in [0.5, 0.6) is 0 Å². The van der Waals surface area contributed by atoms with E-state index >= 15 is 0 Å². The molecule has 2 aliphatic carbocycles. The molecule has 0 saturated carbocycles. The molecule has 0 aromatic heterocycles. The van der Waals surface area contributed by atoms with Gasteiger partial charge in [-0.1, -0.05) is 91.0 Å². The molecule has 0 atom stereocenters. The van der Waals surface area contributed by atoms with Crippen LogP contribution >= 0.6 is 0 Å². The van der Waals surface area contributed by atoms with Crippen LogP contribution in [0.2, 0.25) is 0 Å². The van der Waals surface area contributed by atoms with Crippen molar-refractivity contribution in [3.05, 3.63) is 119 Å². The van der Waals surface area contributed by atoms with Gasteiger partial charge in [0.15, 0.2) is 0 Å². The molecule has 0 bridgehead atoms. The van der Waals surface area contributed by atoms with E-state index < -0.39 is 0 Å². The second-order valence-corrected chi connectivity index (χ2v) is 6.09. The van der Waals surface area contributed by atoms with E-state index in [0.29, 0.717) is 5.92 Å². The van der Waals surface area contributed by atoms with Gasteiger partial charge in [0.05, 0.1) is 0 Å². The average Bonchev–Trinajstić information content (AvgIpc) is 3.28. The summed E-state index contributed by atoms with van der Waals surface area (Å²) in [4.78, 5) is 0. The zero-order valence-electron chi connectivity index (χ0n) is 13.2. The Hall–Kier alpha value is -2.60. The molecule has 0 heteroatoms. The van der Waals surface area contributed by atoms with Gasteiger partial charge in [-0.05, 0) is 40.7 Å². The summed E-state index contributed by atoms with van der Waals surface area (Å²) in [5, 5.41) is 0. The summed E-state index contributed by atoms with van der Waals surface area (Å²) in [6.07, 6.45) is 13.6. The van der Waals surface area contributed by atoms with E-state index in [-0.39, 0.29) is 0 Å². The van der Waals surface area contributed by atoms with E-state index in [1.165, 1.54) is 27.8 Å². The van der Waals surface area contributed by atoms with Gasteiger partial charge in [0, 0.05) is 5.92 Å². The quantitative estimate of drug-likeness (QED) is 0.653. The lowest BCUT2D eigenvalue weighted by molar-refractivity contribution is 0.965. The fourth-order valence-corrected chi connectivity index (χ4v) is 3.60. The summed E-state index contributed by atoms with van der Waals surface area (Å²) in [5.41, 5.74) is 7.05. The third-order valence-corrected chi connectivity index (χ3v) is 4.66. The maximum atomic E-state index is 2.34. The first kappa shape index (κ1) is 14.0. The first-order chi connectivity index (χ1) is 11.4.